The molecule has 4 aliphatic carbocycles. The van der Waals surface area contributed by atoms with Crippen LogP contribution in [-0.2, 0) is 17.8 Å². The Bertz CT molecular complexity index is 910. The Morgan fingerprint density at radius 1 is 1.23 bits per heavy atom. The van der Waals surface area contributed by atoms with Crippen molar-refractivity contribution in [1.82, 2.24) is 19.7 Å². The highest BCUT2D eigenvalue weighted by Gasteiger charge is 2.51. The van der Waals surface area contributed by atoms with Crippen LogP contribution in [0.5, 0.6) is 0 Å². The van der Waals surface area contributed by atoms with Crippen molar-refractivity contribution in [1.29, 1.82) is 0 Å². The topological polar surface area (TPSA) is 72.7 Å². The van der Waals surface area contributed by atoms with Gasteiger partial charge in [-0.2, -0.15) is 0 Å². The lowest BCUT2D eigenvalue weighted by Crippen LogP contribution is -2.47. The highest BCUT2D eigenvalue weighted by atomic mass is 35.5. The predicted molar refractivity (Wildman–Crippen MR) is 119 cm³/mol. The third-order valence-corrected chi connectivity index (χ3v) is 8.44. The van der Waals surface area contributed by atoms with Gasteiger partial charge in [0, 0.05) is 19.2 Å². The molecule has 0 aliphatic heterocycles. The third-order valence-electron chi connectivity index (χ3n) is 7.17. The molecular formula is C22H28ClN5OS. The molecule has 2 heterocycles. The van der Waals surface area contributed by atoms with Gasteiger partial charge in [0.15, 0.2) is 10.3 Å². The van der Waals surface area contributed by atoms with E-state index in [1.54, 1.807) is 18.3 Å². The van der Waals surface area contributed by atoms with Crippen LogP contribution in [0.1, 0.15) is 51.3 Å². The summed E-state index contributed by atoms with van der Waals surface area (Å²) in [5.41, 5.74) is 0.967. The molecule has 1 N–H and O–H groups in total. The maximum atomic E-state index is 12.4. The van der Waals surface area contributed by atoms with E-state index in [1.807, 2.05) is 0 Å². The zero-order chi connectivity index (χ0) is 20.7. The minimum absolute atomic E-state index is 0.122. The monoisotopic (exact) mass is 445 g/mol. The van der Waals surface area contributed by atoms with E-state index >= 15 is 0 Å². The first-order valence-electron chi connectivity index (χ1n) is 11.0. The van der Waals surface area contributed by atoms with E-state index in [2.05, 4.69) is 32.0 Å². The number of thioether (sulfide) groups is 1. The smallest absolute Gasteiger partial charge is 0.234 e. The predicted octanol–water partition coefficient (Wildman–Crippen LogP) is 4.84. The maximum Gasteiger partial charge on any atom is 0.234 e. The lowest BCUT2D eigenvalue weighted by atomic mass is 9.49. The summed E-state index contributed by atoms with van der Waals surface area (Å²) in [4.78, 5) is 16.4. The number of pyridine rings is 1. The number of amides is 1. The molecule has 0 radical (unpaired) electrons. The summed E-state index contributed by atoms with van der Waals surface area (Å²) in [6.07, 6.45) is 11.1. The van der Waals surface area contributed by atoms with Crippen LogP contribution in [0.25, 0.3) is 0 Å². The molecule has 1 amide bonds. The molecule has 30 heavy (non-hydrogen) atoms. The minimum atomic E-state index is -0.122. The molecule has 4 saturated carbocycles. The molecule has 0 spiro atoms. The SMILES string of the molecule is CCn1c(CC23CC4CC(CC(C4)C2)C3)nnc1SCC(=O)Nc1cccnc1Cl. The molecule has 4 bridgehead atoms. The number of halogens is 1. The second-order valence-corrected chi connectivity index (χ2v) is 10.7. The molecule has 6 rings (SSSR count). The molecule has 0 unspecified atom stereocenters. The van der Waals surface area contributed by atoms with Gasteiger partial charge in [-0.15, -0.1) is 10.2 Å². The number of aromatic nitrogens is 4. The molecule has 4 aliphatic rings. The molecule has 0 atom stereocenters. The molecule has 6 nitrogen and oxygen atoms in total. The van der Waals surface area contributed by atoms with E-state index < -0.39 is 0 Å². The van der Waals surface area contributed by atoms with Crippen LogP contribution in [0.15, 0.2) is 23.5 Å². The van der Waals surface area contributed by atoms with Crippen molar-refractivity contribution in [2.75, 3.05) is 11.1 Å². The Labute approximate surface area is 186 Å². The van der Waals surface area contributed by atoms with Crippen molar-refractivity contribution < 1.29 is 4.79 Å². The Kier molecular flexibility index (Phi) is 5.52. The Morgan fingerprint density at radius 3 is 2.57 bits per heavy atom. The van der Waals surface area contributed by atoms with Crippen LogP contribution in [0.2, 0.25) is 5.15 Å². The highest BCUT2D eigenvalue weighted by molar-refractivity contribution is 7.99. The van der Waals surface area contributed by atoms with Gasteiger partial charge in [0.2, 0.25) is 5.91 Å². The van der Waals surface area contributed by atoms with Crippen LogP contribution in [0.4, 0.5) is 5.69 Å². The van der Waals surface area contributed by atoms with Gasteiger partial charge in [-0.25, -0.2) is 4.98 Å². The summed E-state index contributed by atoms with van der Waals surface area (Å²) in [5.74, 6) is 4.05. The summed E-state index contributed by atoms with van der Waals surface area (Å²) in [5, 5.41) is 12.9. The average Bonchev–Trinajstić information content (AvgIpc) is 3.08. The second-order valence-electron chi connectivity index (χ2n) is 9.42. The lowest BCUT2D eigenvalue weighted by molar-refractivity contribution is -0.113. The summed E-state index contributed by atoms with van der Waals surface area (Å²) < 4.78 is 2.20. The Balaban J connectivity index is 1.24. The van der Waals surface area contributed by atoms with Gasteiger partial charge in [-0.3, -0.25) is 4.79 Å². The quantitative estimate of drug-likeness (QED) is 0.487. The largest absolute Gasteiger partial charge is 0.323 e. The molecule has 0 saturated heterocycles. The normalized spacial score (nSPS) is 29.3. The number of nitrogens with zero attached hydrogens (tertiary/aromatic N) is 4. The van der Waals surface area contributed by atoms with Gasteiger partial charge in [0.25, 0.3) is 0 Å². The molecule has 0 aromatic carbocycles. The van der Waals surface area contributed by atoms with Gasteiger partial charge in [0.1, 0.15) is 5.82 Å². The van der Waals surface area contributed by atoms with Crippen LogP contribution >= 0.6 is 23.4 Å². The summed E-state index contributed by atoms with van der Waals surface area (Å²) in [6.45, 7) is 2.96. The van der Waals surface area contributed by atoms with Crippen LogP contribution < -0.4 is 5.32 Å². The van der Waals surface area contributed by atoms with Crippen LogP contribution in [-0.4, -0.2) is 31.4 Å². The zero-order valence-corrected chi connectivity index (χ0v) is 18.9. The fourth-order valence-electron chi connectivity index (χ4n) is 6.51. The lowest BCUT2D eigenvalue weighted by Gasteiger charge is -2.56. The first kappa shape index (κ1) is 20.3. The Hall–Kier alpha value is -1.60. The standard InChI is InChI=1S/C22H28ClN5OS/c1-2-28-18(12-22-9-14-6-15(10-22)8-16(7-14)11-22)26-27-21(28)30-13-19(29)25-17-4-3-5-24-20(17)23/h3-5,14-16H,2,6-13H2,1H3,(H,25,29). The van der Waals surface area contributed by atoms with E-state index in [1.165, 1.54) is 50.3 Å². The van der Waals surface area contributed by atoms with Gasteiger partial charge in [-0.05, 0) is 80.8 Å². The Morgan fingerprint density at radius 2 is 1.93 bits per heavy atom. The number of carbonyl (C=O) groups excluding carboxylic acids is 1. The highest BCUT2D eigenvalue weighted by Crippen LogP contribution is 2.61. The summed E-state index contributed by atoms with van der Waals surface area (Å²) in [7, 11) is 0. The van der Waals surface area contributed by atoms with Crippen LogP contribution in [0, 0.1) is 23.2 Å². The fraction of sp³-hybridized carbons (Fsp3) is 0.636. The summed E-state index contributed by atoms with van der Waals surface area (Å²) >= 11 is 7.46. The number of nitrogens with one attached hydrogen (secondary N) is 1. The number of carbonyl (C=O) groups is 1. The van der Waals surface area contributed by atoms with Crippen LogP contribution in [0.3, 0.4) is 0 Å². The molecule has 8 heteroatoms. The molecule has 4 fully saturated rings. The number of rotatable bonds is 7. The first-order chi connectivity index (χ1) is 14.5. The number of anilines is 1. The van der Waals surface area contributed by atoms with E-state index in [4.69, 9.17) is 11.6 Å². The van der Waals surface area contributed by atoms with E-state index in [-0.39, 0.29) is 11.7 Å². The second kappa shape index (κ2) is 8.15. The molecule has 2 aromatic heterocycles. The third kappa shape index (κ3) is 3.98. The first-order valence-corrected chi connectivity index (χ1v) is 12.3. The number of hydrogen-bond acceptors (Lipinski definition) is 5. The van der Waals surface area contributed by atoms with E-state index in [0.29, 0.717) is 16.3 Å². The van der Waals surface area contributed by atoms with Gasteiger partial charge in [-0.1, -0.05) is 23.4 Å². The van der Waals surface area contributed by atoms with E-state index in [0.717, 1.165) is 41.7 Å². The van der Waals surface area contributed by atoms with Gasteiger partial charge >= 0.3 is 0 Å². The maximum absolute atomic E-state index is 12.4. The van der Waals surface area contributed by atoms with Crippen molar-refractivity contribution >= 4 is 35.0 Å². The van der Waals surface area contributed by atoms with Crippen molar-refractivity contribution in [3.8, 4) is 0 Å². The average molecular weight is 446 g/mol. The van der Waals surface area contributed by atoms with Crippen molar-refractivity contribution in [3.05, 3.63) is 29.3 Å². The minimum Gasteiger partial charge on any atom is -0.323 e. The zero-order valence-electron chi connectivity index (χ0n) is 17.3. The van der Waals surface area contributed by atoms with E-state index in [9.17, 15) is 4.79 Å². The fourth-order valence-corrected chi connectivity index (χ4v) is 7.50. The number of hydrogen-bond donors (Lipinski definition) is 1. The molecular weight excluding hydrogens is 418 g/mol. The summed E-state index contributed by atoms with van der Waals surface area (Å²) in [6, 6.07) is 3.50. The molecule has 2 aromatic rings. The van der Waals surface area contributed by atoms with Gasteiger partial charge in [0.05, 0.1) is 11.4 Å². The molecule has 160 valence electrons. The van der Waals surface area contributed by atoms with Crippen molar-refractivity contribution in [2.24, 2.45) is 23.2 Å². The van der Waals surface area contributed by atoms with Crippen molar-refractivity contribution in [2.45, 2.75) is 63.6 Å². The van der Waals surface area contributed by atoms with Gasteiger partial charge < -0.3 is 9.88 Å². The van der Waals surface area contributed by atoms with Crippen molar-refractivity contribution in [3.63, 3.8) is 0 Å².